The zero-order valence-electron chi connectivity index (χ0n) is 22.6. The van der Waals surface area contributed by atoms with Crippen LogP contribution in [0.25, 0.3) is 0 Å². The Labute approximate surface area is 225 Å². The maximum absolute atomic E-state index is 13.1. The second-order valence-corrected chi connectivity index (χ2v) is 12.1. The van der Waals surface area contributed by atoms with Crippen LogP contribution in [0.3, 0.4) is 0 Å². The maximum atomic E-state index is 13.1. The molecule has 0 aromatic heterocycles. The van der Waals surface area contributed by atoms with Crippen LogP contribution in [0.15, 0.2) is 72.3 Å². The smallest absolute Gasteiger partial charge is 0.315 e. The van der Waals surface area contributed by atoms with E-state index in [4.69, 9.17) is 4.74 Å². The first-order chi connectivity index (χ1) is 18.3. The molecule has 38 heavy (non-hydrogen) atoms. The second-order valence-electron chi connectivity index (χ2n) is 12.1. The number of allylic oxidation sites excluding steroid dienone is 1. The van der Waals surface area contributed by atoms with Crippen molar-refractivity contribution in [2.45, 2.75) is 51.0 Å². The van der Waals surface area contributed by atoms with Crippen molar-refractivity contribution in [3.63, 3.8) is 0 Å². The second kappa shape index (κ2) is 9.91. The molecule has 2 aliphatic carbocycles. The van der Waals surface area contributed by atoms with Gasteiger partial charge in [-0.3, -0.25) is 9.69 Å². The Morgan fingerprint density at radius 3 is 2.26 bits per heavy atom. The zero-order chi connectivity index (χ0) is 26.5. The van der Waals surface area contributed by atoms with Crippen LogP contribution in [0.5, 0.6) is 0 Å². The summed E-state index contributed by atoms with van der Waals surface area (Å²) in [6, 6.07) is 19.8. The summed E-state index contributed by atoms with van der Waals surface area (Å²) < 4.78 is 5.91. The van der Waals surface area contributed by atoms with Gasteiger partial charge in [-0.25, -0.2) is 0 Å². The first-order valence-corrected chi connectivity index (χ1v) is 14.3. The highest BCUT2D eigenvalue weighted by molar-refractivity contribution is 5.76. The molecule has 4 aliphatic rings. The van der Waals surface area contributed by atoms with E-state index >= 15 is 0 Å². The minimum atomic E-state index is -1.21. The van der Waals surface area contributed by atoms with Crippen molar-refractivity contribution in [1.82, 2.24) is 4.90 Å². The number of hydrogen-bond donors (Lipinski definition) is 3. The van der Waals surface area contributed by atoms with E-state index in [2.05, 4.69) is 24.8 Å². The molecule has 6 heteroatoms. The lowest BCUT2D eigenvalue weighted by Crippen LogP contribution is -3.15. The van der Waals surface area contributed by atoms with Crippen LogP contribution in [-0.4, -0.2) is 66.0 Å². The molecular weight excluding hydrogens is 476 g/mol. The molecule has 0 radical (unpaired) electrons. The summed E-state index contributed by atoms with van der Waals surface area (Å²) in [5, 5.41) is 23.8. The molecule has 6 atom stereocenters. The van der Waals surface area contributed by atoms with E-state index in [-0.39, 0.29) is 29.3 Å². The molecule has 202 valence electrons. The summed E-state index contributed by atoms with van der Waals surface area (Å²) in [6.45, 7) is 8.16. The fraction of sp³-hybridized carbons (Fsp3) is 0.531. The van der Waals surface area contributed by atoms with Gasteiger partial charge in [0.1, 0.15) is 12.0 Å². The molecule has 2 aromatic carbocycles. The predicted molar refractivity (Wildman–Crippen MR) is 145 cm³/mol. The number of ether oxygens (including phenoxy) is 1. The van der Waals surface area contributed by atoms with Crippen LogP contribution >= 0.6 is 0 Å². The number of quaternary nitrogens is 1. The highest BCUT2D eigenvalue weighted by Crippen LogP contribution is 2.55. The summed E-state index contributed by atoms with van der Waals surface area (Å²) in [4.78, 5) is 16.6. The monoisotopic (exact) mass is 517 g/mol. The summed E-state index contributed by atoms with van der Waals surface area (Å²) in [7, 11) is 0. The predicted octanol–water partition coefficient (Wildman–Crippen LogP) is 2.37. The van der Waals surface area contributed by atoms with Crippen molar-refractivity contribution in [2.24, 2.45) is 23.2 Å². The molecule has 2 aliphatic heterocycles. The molecule has 3 N–H and O–H groups in total. The number of nitrogens with one attached hydrogen (secondary N) is 1. The number of carbonyl (C=O) groups is 1. The van der Waals surface area contributed by atoms with Crippen LogP contribution in [0.1, 0.15) is 44.2 Å². The van der Waals surface area contributed by atoms with E-state index in [1.54, 1.807) is 0 Å². The molecule has 6 rings (SSSR count). The van der Waals surface area contributed by atoms with E-state index in [0.717, 1.165) is 43.5 Å². The minimum Gasteiger partial charge on any atom is -0.461 e. The fourth-order valence-corrected chi connectivity index (χ4v) is 7.83. The molecule has 2 saturated heterocycles. The Morgan fingerprint density at radius 1 is 1.05 bits per heavy atom. The molecule has 0 spiro atoms. The quantitative estimate of drug-likeness (QED) is 0.420. The summed E-state index contributed by atoms with van der Waals surface area (Å²) in [6.07, 6.45) is 4.38. The SMILES string of the molecule is C[C@@H]1CCC=C2C[C@H]3OC(=O)[C@@H](C[NH+]4CCN(C(O)(c5ccccc5)c5ccccc5)CC4)[C@H]3[C@@H](O)[C@@]21C. The van der Waals surface area contributed by atoms with Crippen LogP contribution in [0.4, 0.5) is 0 Å². The van der Waals surface area contributed by atoms with Gasteiger partial charge in [-0.2, -0.15) is 0 Å². The van der Waals surface area contributed by atoms with Gasteiger partial charge in [-0.15, -0.1) is 0 Å². The van der Waals surface area contributed by atoms with Gasteiger partial charge in [0, 0.05) is 28.9 Å². The number of carbonyl (C=O) groups excluding carboxylic acids is 1. The van der Waals surface area contributed by atoms with Crippen LogP contribution in [0, 0.1) is 23.2 Å². The number of rotatable bonds is 5. The Hall–Kier alpha value is -2.51. The highest BCUT2D eigenvalue weighted by atomic mass is 16.6. The number of esters is 1. The van der Waals surface area contributed by atoms with Gasteiger partial charge in [0.2, 0.25) is 0 Å². The lowest BCUT2D eigenvalue weighted by Gasteiger charge is -2.51. The average molecular weight is 518 g/mol. The molecule has 0 bridgehead atoms. The van der Waals surface area contributed by atoms with E-state index < -0.39 is 11.8 Å². The molecule has 1 saturated carbocycles. The number of benzene rings is 2. The maximum Gasteiger partial charge on any atom is 0.315 e. The van der Waals surface area contributed by atoms with Crippen molar-refractivity contribution in [3.05, 3.63) is 83.4 Å². The highest BCUT2D eigenvalue weighted by Gasteiger charge is 2.60. The third-order valence-corrected chi connectivity index (χ3v) is 10.4. The normalized spacial score (nSPS) is 34.3. The van der Waals surface area contributed by atoms with Gasteiger partial charge in [0.15, 0.2) is 5.72 Å². The van der Waals surface area contributed by atoms with E-state index in [1.807, 2.05) is 60.7 Å². The lowest BCUT2D eigenvalue weighted by molar-refractivity contribution is -0.908. The number of hydrogen-bond acceptors (Lipinski definition) is 5. The van der Waals surface area contributed by atoms with Crippen molar-refractivity contribution in [1.29, 1.82) is 0 Å². The van der Waals surface area contributed by atoms with E-state index in [1.165, 1.54) is 10.5 Å². The lowest BCUT2D eigenvalue weighted by atomic mass is 9.55. The minimum absolute atomic E-state index is 0.144. The van der Waals surface area contributed by atoms with Crippen LogP contribution in [-0.2, 0) is 15.3 Å². The number of nitrogens with zero attached hydrogens (tertiary/aromatic N) is 1. The Morgan fingerprint density at radius 2 is 1.66 bits per heavy atom. The third-order valence-electron chi connectivity index (χ3n) is 10.4. The number of piperazine rings is 1. The van der Waals surface area contributed by atoms with Gasteiger partial charge in [0.25, 0.3) is 0 Å². The van der Waals surface area contributed by atoms with E-state index in [9.17, 15) is 15.0 Å². The van der Waals surface area contributed by atoms with E-state index in [0.29, 0.717) is 25.6 Å². The third kappa shape index (κ3) is 4.04. The van der Waals surface area contributed by atoms with Crippen LogP contribution in [0.2, 0.25) is 0 Å². The van der Waals surface area contributed by atoms with Crippen molar-refractivity contribution < 1.29 is 24.6 Å². The first-order valence-electron chi connectivity index (χ1n) is 14.3. The fourth-order valence-electron chi connectivity index (χ4n) is 7.83. The zero-order valence-corrected chi connectivity index (χ0v) is 22.6. The molecular formula is C32H41N2O4+. The molecule has 3 fully saturated rings. The summed E-state index contributed by atoms with van der Waals surface area (Å²) >= 11 is 0. The number of aliphatic hydroxyl groups excluding tert-OH is 1. The van der Waals surface area contributed by atoms with Crippen LogP contribution < -0.4 is 4.90 Å². The van der Waals surface area contributed by atoms with Crippen molar-refractivity contribution in [3.8, 4) is 0 Å². The van der Waals surface area contributed by atoms with Gasteiger partial charge >= 0.3 is 5.97 Å². The largest absolute Gasteiger partial charge is 0.461 e. The summed E-state index contributed by atoms with van der Waals surface area (Å²) in [5.74, 6) is -0.193. The Bertz CT molecular complexity index is 1140. The van der Waals surface area contributed by atoms with Gasteiger partial charge in [0.05, 0.1) is 38.8 Å². The molecule has 2 aromatic rings. The molecule has 6 nitrogen and oxygen atoms in total. The topological polar surface area (TPSA) is 74.4 Å². The standard InChI is InChI=1S/C32H40N2O4/c1-22-10-9-15-25-20-27-28(29(35)31(22,25)2)26(30(36)38-27)21-33-16-18-34(19-17-33)32(37,23-11-5-3-6-12-23)24-13-7-4-8-14-24/h3-8,11-15,22,26-29,35,37H,9-10,16-21H2,1-2H3/p+1/t22-,26+,27-,28-,29-,31-/m1/s1. The first kappa shape index (κ1) is 25.8. The Balaban J connectivity index is 1.18. The van der Waals surface area contributed by atoms with Gasteiger partial charge in [-0.05, 0) is 18.8 Å². The Kier molecular flexibility index (Phi) is 6.71. The number of fused-ring (bicyclic) bond motifs is 2. The van der Waals surface area contributed by atoms with Crippen molar-refractivity contribution in [2.75, 3.05) is 32.7 Å². The average Bonchev–Trinajstić information content (AvgIpc) is 3.26. The van der Waals surface area contributed by atoms with Gasteiger partial charge < -0.3 is 19.8 Å². The molecule has 0 unspecified atom stereocenters. The van der Waals surface area contributed by atoms with Crippen molar-refractivity contribution >= 4 is 5.97 Å². The molecule has 0 amide bonds. The summed E-state index contributed by atoms with van der Waals surface area (Å²) in [5.41, 5.74) is 1.52. The van der Waals surface area contributed by atoms with Gasteiger partial charge in [-0.1, -0.05) is 86.2 Å². The molecule has 2 heterocycles. The number of aliphatic hydroxyl groups is 2.